The van der Waals surface area contributed by atoms with Crippen LogP contribution < -0.4 is 0 Å². The molecular formula is C26H42O5. The lowest BCUT2D eigenvalue weighted by Crippen LogP contribution is -2.61. The SMILES string of the molecule is CCOC(=O)CC[C@H](C)[C@H]1CC[C@H]2[C@@H]3C(=O)C[C@H]4C[C@@H](O)CC[C@]4(C)[C@H]3C[C@H](O)[C@]12C. The fraction of sp³-hybridized carbons (Fsp3) is 0.923. The standard InChI is InChI=1S/C26H42O5/c1-5-31-23(30)9-6-15(2)18-7-8-19-24-20(14-22(29)26(18,19)4)25(3)11-10-17(27)12-16(25)13-21(24)28/h15-20,22,24,27,29H,5-14H2,1-4H3/t15-,16+,17-,18+,19-,20-,22-,24-,25-,26+/m0/s1. The van der Waals surface area contributed by atoms with Crippen molar-refractivity contribution in [1.29, 1.82) is 0 Å². The summed E-state index contributed by atoms with van der Waals surface area (Å²) in [6, 6.07) is 0. The number of aliphatic hydroxyl groups is 2. The number of ether oxygens (including phenoxy) is 1. The van der Waals surface area contributed by atoms with E-state index in [4.69, 9.17) is 4.74 Å². The Morgan fingerprint density at radius 3 is 2.61 bits per heavy atom. The summed E-state index contributed by atoms with van der Waals surface area (Å²) >= 11 is 0. The Morgan fingerprint density at radius 1 is 1.16 bits per heavy atom. The van der Waals surface area contributed by atoms with E-state index in [2.05, 4.69) is 20.8 Å². The maximum atomic E-state index is 13.5. The van der Waals surface area contributed by atoms with Gasteiger partial charge in [0.15, 0.2) is 0 Å². The largest absolute Gasteiger partial charge is 0.466 e. The molecule has 4 saturated carbocycles. The van der Waals surface area contributed by atoms with Crippen LogP contribution in [0.25, 0.3) is 0 Å². The van der Waals surface area contributed by atoms with Gasteiger partial charge in [0, 0.05) is 24.2 Å². The molecule has 0 amide bonds. The molecule has 0 radical (unpaired) electrons. The molecule has 0 aliphatic heterocycles. The van der Waals surface area contributed by atoms with Crippen molar-refractivity contribution in [2.75, 3.05) is 6.61 Å². The zero-order valence-electron chi connectivity index (χ0n) is 19.8. The molecule has 4 aliphatic rings. The van der Waals surface area contributed by atoms with Crippen LogP contribution in [0.15, 0.2) is 0 Å². The van der Waals surface area contributed by atoms with E-state index in [0.29, 0.717) is 43.5 Å². The summed E-state index contributed by atoms with van der Waals surface area (Å²) in [7, 11) is 0. The number of hydrogen-bond donors (Lipinski definition) is 2. The van der Waals surface area contributed by atoms with Gasteiger partial charge in [-0.2, -0.15) is 0 Å². The Bertz CT molecular complexity index is 706. The van der Waals surface area contributed by atoms with E-state index >= 15 is 0 Å². The summed E-state index contributed by atoms with van der Waals surface area (Å²) in [4.78, 5) is 25.3. The molecule has 0 saturated heterocycles. The number of carbonyl (C=O) groups is 2. The molecule has 0 bridgehead atoms. The fourth-order valence-electron chi connectivity index (χ4n) is 8.62. The first-order valence-corrected chi connectivity index (χ1v) is 12.7. The second-order valence-corrected chi connectivity index (χ2v) is 11.7. The van der Waals surface area contributed by atoms with E-state index in [1.54, 1.807) is 0 Å². The normalized spacial score (nSPS) is 47.8. The molecular weight excluding hydrogens is 392 g/mol. The molecule has 5 nitrogen and oxygen atoms in total. The number of hydrogen-bond acceptors (Lipinski definition) is 5. The molecule has 4 rings (SSSR count). The van der Waals surface area contributed by atoms with Gasteiger partial charge in [-0.1, -0.05) is 20.8 Å². The number of carbonyl (C=O) groups excluding carboxylic acids is 2. The van der Waals surface area contributed by atoms with Crippen molar-refractivity contribution in [3.63, 3.8) is 0 Å². The number of esters is 1. The van der Waals surface area contributed by atoms with Crippen LogP contribution in [-0.2, 0) is 14.3 Å². The van der Waals surface area contributed by atoms with Gasteiger partial charge >= 0.3 is 5.97 Å². The Kier molecular flexibility index (Phi) is 6.33. The Hall–Kier alpha value is -0.940. The van der Waals surface area contributed by atoms with E-state index in [9.17, 15) is 19.8 Å². The summed E-state index contributed by atoms with van der Waals surface area (Å²) < 4.78 is 5.11. The third-order valence-electron chi connectivity index (χ3n) is 10.4. The topological polar surface area (TPSA) is 83.8 Å². The average Bonchev–Trinajstić information content (AvgIpc) is 3.07. The van der Waals surface area contributed by atoms with E-state index < -0.39 is 6.10 Å². The molecule has 10 atom stereocenters. The van der Waals surface area contributed by atoms with Crippen molar-refractivity contribution in [3.05, 3.63) is 0 Å². The zero-order valence-corrected chi connectivity index (χ0v) is 19.8. The molecule has 0 spiro atoms. The van der Waals surface area contributed by atoms with Crippen molar-refractivity contribution in [2.24, 2.45) is 46.3 Å². The van der Waals surface area contributed by atoms with Crippen LogP contribution >= 0.6 is 0 Å². The number of ketones is 1. The monoisotopic (exact) mass is 434 g/mol. The second-order valence-electron chi connectivity index (χ2n) is 11.7. The van der Waals surface area contributed by atoms with Gasteiger partial charge in [-0.05, 0) is 86.9 Å². The van der Waals surface area contributed by atoms with E-state index in [1.165, 1.54) is 0 Å². The van der Waals surface area contributed by atoms with Crippen LogP contribution in [0.2, 0.25) is 0 Å². The highest BCUT2D eigenvalue weighted by Gasteiger charge is 2.65. The van der Waals surface area contributed by atoms with Gasteiger partial charge in [0.25, 0.3) is 0 Å². The van der Waals surface area contributed by atoms with Crippen molar-refractivity contribution in [2.45, 2.75) is 97.7 Å². The maximum absolute atomic E-state index is 13.5. The van der Waals surface area contributed by atoms with Crippen molar-refractivity contribution in [1.82, 2.24) is 0 Å². The van der Waals surface area contributed by atoms with Crippen LogP contribution in [0.3, 0.4) is 0 Å². The Balaban J connectivity index is 1.55. The lowest BCUT2D eigenvalue weighted by molar-refractivity contribution is -0.182. The van der Waals surface area contributed by atoms with Crippen molar-refractivity contribution in [3.8, 4) is 0 Å². The van der Waals surface area contributed by atoms with Crippen molar-refractivity contribution >= 4 is 11.8 Å². The highest BCUT2D eigenvalue weighted by Crippen LogP contribution is 2.67. The first-order valence-electron chi connectivity index (χ1n) is 12.7. The van der Waals surface area contributed by atoms with Gasteiger partial charge in [-0.3, -0.25) is 9.59 Å². The Morgan fingerprint density at radius 2 is 1.90 bits per heavy atom. The first-order chi connectivity index (χ1) is 14.6. The minimum atomic E-state index is -0.411. The van der Waals surface area contributed by atoms with Crippen molar-refractivity contribution < 1.29 is 24.5 Å². The van der Waals surface area contributed by atoms with Crippen LogP contribution in [0.1, 0.15) is 85.5 Å². The molecule has 4 aliphatic carbocycles. The van der Waals surface area contributed by atoms with Crippen LogP contribution in [0.4, 0.5) is 0 Å². The lowest BCUT2D eigenvalue weighted by atomic mass is 9.43. The molecule has 0 unspecified atom stereocenters. The van der Waals surface area contributed by atoms with Gasteiger partial charge in [0.05, 0.1) is 18.8 Å². The minimum absolute atomic E-state index is 0.0483. The summed E-state index contributed by atoms with van der Waals surface area (Å²) in [5.41, 5.74) is -0.212. The molecule has 176 valence electrons. The van der Waals surface area contributed by atoms with Gasteiger partial charge in [-0.15, -0.1) is 0 Å². The van der Waals surface area contributed by atoms with Crippen LogP contribution in [0, 0.1) is 46.3 Å². The molecule has 0 aromatic heterocycles. The molecule has 31 heavy (non-hydrogen) atoms. The highest BCUT2D eigenvalue weighted by molar-refractivity contribution is 5.83. The van der Waals surface area contributed by atoms with Crippen LogP contribution in [-0.4, -0.2) is 40.8 Å². The summed E-state index contributed by atoms with van der Waals surface area (Å²) in [6.07, 6.45) is 6.34. The van der Waals surface area contributed by atoms with Gasteiger partial charge < -0.3 is 14.9 Å². The smallest absolute Gasteiger partial charge is 0.305 e. The molecule has 5 heteroatoms. The number of fused-ring (bicyclic) bond motifs is 5. The lowest BCUT2D eigenvalue weighted by Gasteiger charge is -2.61. The molecule has 0 aromatic carbocycles. The van der Waals surface area contributed by atoms with Gasteiger partial charge in [-0.25, -0.2) is 0 Å². The average molecular weight is 435 g/mol. The third-order valence-corrected chi connectivity index (χ3v) is 10.4. The summed E-state index contributed by atoms with van der Waals surface area (Å²) in [6.45, 7) is 9.01. The zero-order chi connectivity index (χ0) is 22.6. The molecule has 4 fully saturated rings. The highest BCUT2D eigenvalue weighted by atomic mass is 16.5. The van der Waals surface area contributed by atoms with Gasteiger partial charge in [0.1, 0.15) is 5.78 Å². The molecule has 2 N–H and O–H groups in total. The van der Waals surface area contributed by atoms with Gasteiger partial charge in [0.2, 0.25) is 0 Å². The quantitative estimate of drug-likeness (QED) is 0.636. The predicted octanol–water partition coefficient (Wildman–Crippen LogP) is 4.14. The predicted molar refractivity (Wildman–Crippen MR) is 118 cm³/mol. The van der Waals surface area contributed by atoms with Crippen LogP contribution in [0.5, 0.6) is 0 Å². The minimum Gasteiger partial charge on any atom is -0.466 e. The number of rotatable bonds is 5. The van der Waals surface area contributed by atoms with E-state index in [1.807, 2.05) is 6.92 Å². The molecule has 0 heterocycles. The van der Waals surface area contributed by atoms with E-state index in [0.717, 1.165) is 38.5 Å². The van der Waals surface area contributed by atoms with E-state index in [-0.39, 0.29) is 46.6 Å². The second kappa shape index (κ2) is 8.44. The number of Topliss-reactive ketones (excluding diaryl/α,β-unsaturated/α-hetero) is 1. The Labute approximate surface area is 187 Å². The summed E-state index contributed by atoms with van der Waals surface area (Å²) in [5, 5.41) is 21.8. The summed E-state index contributed by atoms with van der Waals surface area (Å²) in [5.74, 6) is 1.64. The maximum Gasteiger partial charge on any atom is 0.305 e. The third kappa shape index (κ3) is 3.68. The molecule has 0 aromatic rings. The first kappa shape index (κ1) is 23.2. The number of aliphatic hydroxyl groups excluding tert-OH is 2. The fourth-order valence-corrected chi connectivity index (χ4v) is 8.62.